The van der Waals surface area contributed by atoms with Gasteiger partial charge in [-0.05, 0) is 25.7 Å². The van der Waals surface area contributed by atoms with Crippen molar-refractivity contribution < 1.29 is 19.1 Å². The van der Waals surface area contributed by atoms with Crippen molar-refractivity contribution in [2.24, 2.45) is 0 Å². The first kappa shape index (κ1) is 23.9. The first-order valence-corrected chi connectivity index (χ1v) is 10.3. The number of hydrogen-bond acceptors (Lipinski definition) is 4. The summed E-state index contributed by atoms with van der Waals surface area (Å²) >= 11 is 0. The van der Waals surface area contributed by atoms with Crippen LogP contribution in [0.25, 0.3) is 0 Å². The highest BCUT2D eigenvalue weighted by atomic mass is 16.5. The number of ether oxygens (including phenoxy) is 2. The summed E-state index contributed by atoms with van der Waals surface area (Å²) in [5.41, 5.74) is 0. The van der Waals surface area contributed by atoms with Gasteiger partial charge in [-0.2, -0.15) is 0 Å². The molecular formula is C21H40O4. The van der Waals surface area contributed by atoms with Crippen molar-refractivity contribution in [2.45, 2.75) is 116 Å². The zero-order valence-corrected chi connectivity index (χ0v) is 16.8. The Balaban J connectivity index is 3.60. The number of carbonyl (C=O) groups excluding carboxylic acids is 2. The minimum atomic E-state index is -0.230. The van der Waals surface area contributed by atoms with Gasteiger partial charge in [-0.1, -0.05) is 71.1 Å². The molecule has 1 atom stereocenters. The van der Waals surface area contributed by atoms with Gasteiger partial charge in [-0.25, -0.2) is 0 Å². The molecule has 0 saturated carbocycles. The Hall–Kier alpha value is -1.06. The Bertz CT molecular complexity index is 328. The largest absolute Gasteiger partial charge is 0.469 e. The van der Waals surface area contributed by atoms with Gasteiger partial charge in [-0.3, -0.25) is 9.59 Å². The normalized spacial score (nSPS) is 12.0. The van der Waals surface area contributed by atoms with Gasteiger partial charge in [0.05, 0.1) is 7.11 Å². The van der Waals surface area contributed by atoms with Gasteiger partial charge in [0.1, 0.15) is 6.10 Å². The number of carbonyl (C=O) groups is 2. The predicted molar refractivity (Wildman–Crippen MR) is 102 cm³/mol. The molecule has 148 valence electrons. The van der Waals surface area contributed by atoms with E-state index in [2.05, 4.69) is 11.7 Å². The Labute approximate surface area is 155 Å². The van der Waals surface area contributed by atoms with Crippen LogP contribution < -0.4 is 0 Å². The third kappa shape index (κ3) is 17.6. The number of hydrogen-bond donors (Lipinski definition) is 0. The van der Waals surface area contributed by atoms with Crippen LogP contribution in [-0.2, 0) is 19.1 Å². The number of esters is 2. The molecule has 0 fully saturated rings. The first-order chi connectivity index (χ1) is 12.1. The van der Waals surface area contributed by atoms with Crippen LogP contribution >= 0.6 is 0 Å². The molecule has 0 aliphatic rings. The molecule has 0 heterocycles. The zero-order chi connectivity index (χ0) is 18.8. The minimum absolute atomic E-state index is 0.0549. The van der Waals surface area contributed by atoms with Crippen molar-refractivity contribution >= 4 is 11.9 Å². The van der Waals surface area contributed by atoms with Crippen LogP contribution in [0.1, 0.15) is 110 Å². The quantitative estimate of drug-likeness (QED) is 0.238. The minimum Gasteiger partial charge on any atom is -0.469 e. The maximum Gasteiger partial charge on any atom is 0.305 e. The molecule has 0 aromatic rings. The highest BCUT2D eigenvalue weighted by Crippen LogP contribution is 2.16. The molecule has 0 rings (SSSR count). The Morgan fingerprint density at radius 3 is 1.72 bits per heavy atom. The molecule has 0 saturated heterocycles. The second-order valence-electron chi connectivity index (χ2n) is 7.02. The molecule has 0 spiro atoms. The van der Waals surface area contributed by atoms with E-state index < -0.39 is 0 Å². The molecule has 4 nitrogen and oxygen atoms in total. The second-order valence-corrected chi connectivity index (χ2v) is 7.02. The average Bonchev–Trinajstić information content (AvgIpc) is 2.58. The molecule has 1 unspecified atom stereocenters. The fourth-order valence-corrected chi connectivity index (χ4v) is 3.11. The summed E-state index contributed by atoms with van der Waals surface area (Å²) in [4.78, 5) is 22.3. The monoisotopic (exact) mass is 356 g/mol. The maximum atomic E-state index is 11.2. The van der Waals surface area contributed by atoms with Gasteiger partial charge < -0.3 is 9.47 Å². The summed E-state index contributed by atoms with van der Waals surface area (Å²) < 4.78 is 10.0. The SMILES string of the molecule is CCCCCCCCCCCCCC(CCCC(=O)OC)OC(C)=O. The summed E-state index contributed by atoms with van der Waals surface area (Å²) in [6, 6.07) is 0. The first-order valence-electron chi connectivity index (χ1n) is 10.3. The topological polar surface area (TPSA) is 52.6 Å². The van der Waals surface area contributed by atoms with Crippen LogP contribution in [0, 0.1) is 0 Å². The Morgan fingerprint density at radius 2 is 1.24 bits per heavy atom. The van der Waals surface area contributed by atoms with Crippen LogP contribution in [0.3, 0.4) is 0 Å². The van der Waals surface area contributed by atoms with Gasteiger partial charge >= 0.3 is 11.9 Å². The molecule has 0 aliphatic heterocycles. The van der Waals surface area contributed by atoms with E-state index in [1.807, 2.05) is 0 Å². The van der Waals surface area contributed by atoms with Crippen molar-refractivity contribution in [3.63, 3.8) is 0 Å². The van der Waals surface area contributed by atoms with Crippen molar-refractivity contribution in [1.82, 2.24) is 0 Å². The summed E-state index contributed by atoms with van der Waals surface area (Å²) in [6.07, 6.45) is 17.1. The van der Waals surface area contributed by atoms with E-state index in [-0.39, 0.29) is 18.0 Å². The van der Waals surface area contributed by atoms with E-state index in [0.29, 0.717) is 12.8 Å². The van der Waals surface area contributed by atoms with Crippen LogP contribution in [0.15, 0.2) is 0 Å². The van der Waals surface area contributed by atoms with Crippen LogP contribution in [0.4, 0.5) is 0 Å². The lowest BCUT2D eigenvalue weighted by molar-refractivity contribution is -0.147. The zero-order valence-electron chi connectivity index (χ0n) is 16.8. The standard InChI is InChI=1S/C21H40O4/c1-4-5-6-7-8-9-10-11-12-13-14-16-20(25-19(2)22)17-15-18-21(23)24-3/h20H,4-18H2,1-3H3. The molecule has 0 aromatic carbocycles. The molecule has 0 aromatic heterocycles. The molecule has 0 radical (unpaired) electrons. The number of rotatable bonds is 17. The van der Waals surface area contributed by atoms with Crippen molar-refractivity contribution in [3.8, 4) is 0 Å². The van der Waals surface area contributed by atoms with Crippen LogP contribution in [0.2, 0.25) is 0 Å². The van der Waals surface area contributed by atoms with E-state index in [1.165, 1.54) is 78.2 Å². The fraction of sp³-hybridized carbons (Fsp3) is 0.905. The number of unbranched alkanes of at least 4 members (excludes halogenated alkanes) is 10. The highest BCUT2D eigenvalue weighted by molar-refractivity contribution is 5.69. The van der Waals surface area contributed by atoms with E-state index >= 15 is 0 Å². The summed E-state index contributed by atoms with van der Waals surface area (Å²) in [5.74, 6) is -0.428. The predicted octanol–water partition coefficient (Wildman–Crippen LogP) is 5.96. The second kappa shape index (κ2) is 17.8. The molecule has 0 bridgehead atoms. The average molecular weight is 357 g/mol. The smallest absolute Gasteiger partial charge is 0.305 e. The molecule has 0 aliphatic carbocycles. The highest BCUT2D eigenvalue weighted by Gasteiger charge is 2.12. The van der Waals surface area contributed by atoms with Crippen molar-refractivity contribution in [3.05, 3.63) is 0 Å². The summed E-state index contributed by atoms with van der Waals surface area (Å²) in [7, 11) is 1.40. The molecule has 0 amide bonds. The van der Waals surface area contributed by atoms with E-state index in [4.69, 9.17) is 4.74 Å². The van der Waals surface area contributed by atoms with Gasteiger partial charge in [0.2, 0.25) is 0 Å². The molecule has 4 heteroatoms. The fourth-order valence-electron chi connectivity index (χ4n) is 3.11. The van der Waals surface area contributed by atoms with Gasteiger partial charge in [-0.15, -0.1) is 0 Å². The number of methoxy groups -OCH3 is 1. The summed E-state index contributed by atoms with van der Waals surface area (Å²) in [5, 5.41) is 0. The van der Waals surface area contributed by atoms with Gasteiger partial charge in [0.25, 0.3) is 0 Å². The lowest BCUT2D eigenvalue weighted by Crippen LogP contribution is -2.17. The lowest BCUT2D eigenvalue weighted by Gasteiger charge is -2.16. The molecule has 25 heavy (non-hydrogen) atoms. The van der Waals surface area contributed by atoms with E-state index in [0.717, 1.165) is 19.3 Å². The van der Waals surface area contributed by atoms with Crippen LogP contribution in [-0.4, -0.2) is 25.2 Å². The Kier molecular flexibility index (Phi) is 17.0. The summed E-state index contributed by atoms with van der Waals surface area (Å²) in [6.45, 7) is 3.71. The van der Waals surface area contributed by atoms with Crippen molar-refractivity contribution in [1.29, 1.82) is 0 Å². The molecular weight excluding hydrogens is 316 g/mol. The van der Waals surface area contributed by atoms with Gasteiger partial charge in [0.15, 0.2) is 0 Å². The lowest BCUT2D eigenvalue weighted by atomic mass is 10.0. The van der Waals surface area contributed by atoms with E-state index in [9.17, 15) is 9.59 Å². The van der Waals surface area contributed by atoms with Crippen LogP contribution in [0.5, 0.6) is 0 Å². The van der Waals surface area contributed by atoms with E-state index in [1.54, 1.807) is 0 Å². The third-order valence-corrected chi connectivity index (χ3v) is 4.60. The van der Waals surface area contributed by atoms with Crippen molar-refractivity contribution in [2.75, 3.05) is 7.11 Å². The Morgan fingerprint density at radius 1 is 0.760 bits per heavy atom. The molecule has 0 N–H and O–H groups in total. The maximum absolute atomic E-state index is 11.2. The van der Waals surface area contributed by atoms with Gasteiger partial charge in [0, 0.05) is 13.3 Å². The third-order valence-electron chi connectivity index (χ3n) is 4.60.